The molecule has 2 N–H and O–H groups in total. The minimum atomic E-state index is -0.709. The third kappa shape index (κ3) is 4.62. The summed E-state index contributed by atoms with van der Waals surface area (Å²) in [6.07, 6.45) is 2.94. The molecule has 26 heavy (non-hydrogen) atoms. The zero-order valence-corrected chi connectivity index (χ0v) is 15.1. The quantitative estimate of drug-likeness (QED) is 0.821. The van der Waals surface area contributed by atoms with Crippen molar-refractivity contribution >= 4 is 23.3 Å². The highest BCUT2D eigenvalue weighted by atomic mass is 16.5. The van der Waals surface area contributed by atoms with Crippen molar-refractivity contribution in [3.05, 3.63) is 36.7 Å². The Morgan fingerprint density at radius 2 is 1.92 bits per heavy atom. The molecule has 7 heteroatoms. The molecule has 0 spiro atoms. The van der Waals surface area contributed by atoms with Crippen molar-refractivity contribution in [2.45, 2.75) is 32.8 Å². The van der Waals surface area contributed by atoms with Crippen molar-refractivity contribution in [3.8, 4) is 5.75 Å². The summed E-state index contributed by atoms with van der Waals surface area (Å²) in [5.74, 6) is 1.38. The molecule has 138 valence electrons. The number of carboxylic acids is 1. The van der Waals surface area contributed by atoms with E-state index in [1.54, 1.807) is 0 Å². The third-order valence-electron chi connectivity index (χ3n) is 4.32. The molecule has 1 saturated heterocycles. The average Bonchev–Trinajstić information content (AvgIpc) is 2.63. The first-order valence-electron chi connectivity index (χ1n) is 8.85. The standard InChI is InChI=1S/C19H24N4O3/c1-13(2)26-16-5-3-15(4-6-16)22-17-11-18(21-12-20-17)23-9-7-14(8-10-23)19(24)25/h3-6,11-14H,7-10H2,1-2H3,(H,24,25)(H,20,21,22). The van der Waals surface area contributed by atoms with Gasteiger partial charge in [-0.05, 0) is 51.0 Å². The lowest BCUT2D eigenvalue weighted by molar-refractivity contribution is -0.142. The first-order valence-corrected chi connectivity index (χ1v) is 8.85. The minimum Gasteiger partial charge on any atom is -0.491 e. The van der Waals surface area contributed by atoms with E-state index in [0.29, 0.717) is 31.7 Å². The molecule has 1 aromatic carbocycles. The van der Waals surface area contributed by atoms with Gasteiger partial charge in [0.1, 0.15) is 23.7 Å². The van der Waals surface area contributed by atoms with E-state index in [1.807, 2.05) is 44.2 Å². The number of ether oxygens (including phenoxy) is 1. The average molecular weight is 356 g/mol. The van der Waals surface area contributed by atoms with E-state index in [0.717, 1.165) is 17.3 Å². The van der Waals surface area contributed by atoms with E-state index in [4.69, 9.17) is 9.84 Å². The summed E-state index contributed by atoms with van der Waals surface area (Å²) >= 11 is 0. The van der Waals surface area contributed by atoms with Crippen LogP contribution in [-0.2, 0) is 4.79 Å². The van der Waals surface area contributed by atoms with E-state index >= 15 is 0 Å². The van der Waals surface area contributed by atoms with Gasteiger partial charge in [-0.15, -0.1) is 0 Å². The minimum absolute atomic E-state index is 0.142. The molecule has 1 fully saturated rings. The van der Waals surface area contributed by atoms with Crippen molar-refractivity contribution < 1.29 is 14.6 Å². The fourth-order valence-corrected chi connectivity index (χ4v) is 2.98. The molecule has 0 amide bonds. The van der Waals surface area contributed by atoms with Crippen LogP contribution in [0, 0.1) is 5.92 Å². The van der Waals surface area contributed by atoms with Crippen LogP contribution in [0.5, 0.6) is 5.75 Å². The van der Waals surface area contributed by atoms with Crippen LogP contribution in [0.1, 0.15) is 26.7 Å². The van der Waals surface area contributed by atoms with Crippen molar-refractivity contribution in [3.63, 3.8) is 0 Å². The van der Waals surface area contributed by atoms with Crippen LogP contribution < -0.4 is 15.0 Å². The number of benzene rings is 1. The first-order chi connectivity index (χ1) is 12.5. The molecular formula is C19H24N4O3. The van der Waals surface area contributed by atoms with Crippen molar-refractivity contribution in [2.75, 3.05) is 23.3 Å². The van der Waals surface area contributed by atoms with Gasteiger partial charge in [0.15, 0.2) is 0 Å². The van der Waals surface area contributed by atoms with Gasteiger partial charge in [0.05, 0.1) is 12.0 Å². The van der Waals surface area contributed by atoms with E-state index in [1.165, 1.54) is 6.33 Å². The summed E-state index contributed by atoms with van der Waals surface area (Å²) in [6.45, 7) is 5.37. The molecule has 3 rings (SSSR count). The third-order valence-corrected chi connectivity index (χ3v) is 4.32. The maximum Gasteiger partial charge on any atom is 0.306 e. The van der Waals surface area contributed by atoms with Crippen LogP contribution in [-0.4, -0.2) is 40.2 Å². The number of anilines is 3. The predicted molar refractivity (Wildman–Crippen MR) is 100 cm³/mol. The largest absolute Gasteiger partial charge is 0.491 e. The summed E-state index contributed by atoms with van der Waals surface area (Å²) < 4.78 is 5.64. The fraction of sp³-hybridized carbons (Fsp3) is 0.421. The first kappa shape index (κ1) is 18.0. The maximum atomic E-state index is 11.1. The molecule has 1 aromatic heterocycles. The van der Waals surface area contributed by atoms with Crippen molar-refractivity contribution in [1.82, 2.24) is 9.97 Å². The molecule has 0 radical (unpaired) electrons. The van der Waals surface area contributed by atoms with Gasteiger partial charge in [-0.25, -0.2) is 9.97 Å². The zero-order valence-electron chi connectivity index (χ0n) is 15.1. The van der Waals surface area contributed by atoms with Crippen LogP contribution in [0.15, 0.2) is 36.7 Å². The molecule has 0 atom stereocenters. The molecule has 0 bridgehead atoms. The highest BCUT2D eigenvalue weighted by molar-refractivity contribution is 5.70. The number of carbonyl (C=O) groups is 1. The fourth-order valence-electron chi connectivity index (χ4n) is 2.98. The van der Waals surface area contributed by atoms with E-state index in [-0.39, 0.29) is 12.0 Å². The lowest BCUT2D eigenvalue weighted by Crippen LogP contribution is -2.36. The number of aromatic nitrogens is 2. The maximum absolute atomic E-state index is 11.1. The number of aliphatic carboxylic acids is 1. The second-order valence-electron chi connectivity index (χ2n) is 6.68. The Morgan fingerprint density at radius 1 is 1.23 bits per heavy atom. The Hall–Kier alpha value is -2.83. The summed E-state index contributed by atoms with van der Waals surface area (Å²) in [5, 5.41) is 12.4. The van der Waals surface area contributed by atoms with Gasteiger partial charge >= 0.3 is 5.97 Å². The molecular weight excluding hydrogens is 332 g/mol. The number of hydrogen-bond acceptors (Lipinski definition) is 6. The van der Waals surface area contributed by atoms with Gasteiger partial charge in [0.25, 0.3) is 0 Å². The van der Waals surface area contributed by atoms with Gasteiger partial charge in [-0.1, -0.05) is 0 Å². The van der Waals surface area contributed by atoms with Crippen LogP contribution in [0.4, 0.5) is 17.3 Å². The molecule has 0 unspecified atom stereocenters. The van der Waals surface area contributed by atoms with Gasteiger partial charge in [-0.2, -0.15) is 0 Å². The van der Waals surface area contributed by atoms with Crippen molar-refractivity contribution in [1.29, 1.82) is 0 Å². The van der Waals surface area contributed by atoms with Gasteiger partial charge in [0.2, 0.25) is 0 Å². The Balaban J connectivity index is 1.63. The number of nitrogens with one attached hydrogen (secondary N) is 1. The second kappa shape index (κ2) is 8.03. The lowest BCUT2D eigenvalue weighted by atomic mass is 9.97. The van der Waals surface area contributed by atoms with Crippen LogP contribution in [0.2, 0.25) is 0 Å². The van der Waals surface area contributed by atoms with E-state index in [9.17, 15) is 4.79 Å². The molecule has 2 aromatic rings. The van der Waals surface area contributed by atoms with Gasteiger partial charge in [0, 0.05) is 24.8 Å². The molecule has 1 aliphatic heterocycles. The smallest absolute Gasteiger partial charge is 0.306 e. The summed E-state index contributed by atoms with van der Waals surface area (Å²) in [6, 6.07) is 9.61. The lowest BCUT2D eigenvalue weighted by Gasteiger charge is -2.31. The Labute approximate surface area is 153 Å². The number of piperidine rings is 1. The SMILES string of the molecule is CC(C)Oc1ccc(Nc2cc(N3CCC(C(=O)O)CC3)ncn2)cc1. The highest BCUT2D eigenvalue weighted by Crippen LogP contribution is 2.25. The molecule has 0 aliphatic carbocycles. The second-order valence-corrected chi connectivity index (χ2v) is 6.68. The predicted octanol–water partition coefficient (Wildman–Crippen LogP) is 3.31. The van der Waals surface area contributed by atoms with Crippen LogP contribution >= 0.6 is 0 Å². The van der Waals surface area contributed by atoms with E-state index < -0.39 is 5.97 Å². The van der Waals surface area contributed by atoms with Gasteiger partial charge < -0.3 is 20.1 Å². The normalized spacial score (nSPS) is 15.1. The Bertz CT molecular complexity index is 741. The highest BCUT2D eigenvalue weighted by Gasteiger charge is 2.25. The molecule has 1 aliphatic rings. The number of hydrogen-bond donors (Lipinski definition) is 2. The summed E-state index contributed by atoms with van der Waals surface area (Å²) in [4.78, 5) is 21.8. The van der Waals surface area contributed by atoms with Gasteiger partial charge in [-0.3, -0.25) is 4.79 Å². The Morgan fingerprint density at radius 3 is 2.54 bits per heavy atom. The summed E-state index contributed by atoms with van der Waals surface area (Å²) in [5.41, 5.74) is 0.912. The zero-order chi connectivity index (χ0) is 18.5. The molecule has 2 heterocycles. The molecule has 7 nitrogen and oxygen atoms in total. The summed E-state index contributed by atoms with van der Waals surface area (Å²) in [7, 11) is 0. The number of nitrogens with zero attached hydrogens (tertiary/aromatic N) is 3. The van der Waals surface area contributed by atoms with Crippen molar-refractivity contribution in [2.24, 2.45) is 5.92 Å². The van der Waals surface area contributed by atoms with E-state index in [2.05, 4.69) is 20.2 Å². The Kier molecular flexibility index (Phi) is 5.55. The number of rotatable bonds is 6. The van der Waals surface area contributed by atoms with Crippen LogP contribution in [0.25, 0.3) is 0 Å². The topological polar surface area (TPSA) is 87.6 Å². The van der Waals surface area contributed by atoms with Crippen LogP contribution in [0.3, 0.4) is 0 Å². The molecule has 0 saturated carbocycles. The monoisotopic (exact) mass is 356 g/mol. The number of carboxylic acid groups (broad SMARTS) is 1.